The molecule has 0 aliphatic carbocycles. The van der Waals surface area contributed by atoms with E-state index in [1.807, 2.05) is 30.3 Å². The van der Waals surface area contributed by atoms with Crippen molar-refractivity contribution in [1.29, 1.82) is 0 Å². The van der Waals surface area contributed by atoms with Crippen LogP contribution in [0.5, 0.6) is 0 Å². The van der Waals surface area contributed by atoms with Gasteiger partial charge in [0.2, 0.25) is 5.91 Å². The molecule has 2 aliphatic heterocycles. The second-order valence-corrected chi connectivity index (χ2v) is 9.15. The molecule has 2 aromatic rings. The van der Waals surface area contributed by atoms with Gasteiger partial charge < -0.3 is 19.8 Å². The first-order valence-corrected chi connectivity index (χ1v) is 9.65. The van der Waals surface area contributed by atoms with Gasteiger partial charge in [0.1, 0.15) is 34.5 Å². The van der Waals surface area contributed by atoms with Crippen molar-refractivity contribution in [2.45, 2.75) is 43.0 Å². The van der Waals surface area contributed by atoms with Gasteiger partial charge in [-0.25, -0.2) is 4.79 Å². The molecule has 2 aliphatic rings. The largest absolute Gasteiger partial charge is 1.00 e. The third-order valence-electron chi connectivity index (χ3n) is 5.10. The van der Waals surface area contributed by atoms with E-state index >= 15 is 0 Å². The van der Waals surface area contributed by atoms with Crippen LogP contribution >= 0.6 is 11.8 Å². The number of aryl methyl sites for hydroxylation is 1. The number of carboxylic acid groups (broad SMARTS) is 1. The zero-order valence-corrected chi connectivity index (χ0v) is 19.3. The molecule has 2 fully saturated rings. The fourth-order valence-corrected chi connectivity index (χ4v) is 5.42. The number of carboxylic acids is 1. The van der Waals surface area contributed by atoms with Crippen LogP contribution in [0.4, 0.5) is 0 Å². The Morgan fingerprint density at radius 1 is 1.28 bits per heavy atom. The van der Waals surface area contributed by atoms with E-state index in [9.17, 15) is 19.5 Å². The van der Waals surface area contributed by atoms with Gasteiger partial charge in [0, 0.05) is 10.3 Å². The number of β-lactam (4-membered cyclic amide) rings is 1. The summed E-state index contributed by atoms with van der Waals surface area (Å²) in [4.78, 5) is 38.5. The van der Waals surface area contributed by atoms with Crippen molar-refractivity contribution in [3.8, 4) is 11.3 Å². The summed E-state index contributed by atoms with van der Waals surface area (Å²) >= 11 is 1.38. The van der Waals surface area contributed by atoms with Gasteiger partial charge in [-0.15, -0.1) is 11.8 Å². The van der Waals surface area contributed by atoms with E-state index < -0.39 is 34.1 Å². The van der Waals surface area contributed by atoms with Crippen LogP contribution in [-0.4, -0.2) is 55.2 Å². The van der Waals surface area contributed by atoms with E-state index in [1.165, 1.54) is 16.7 Å². The molecule has 1 unspecified atom stereocenters. The van der Waals surface area contributed by atoms with Crippen molar-refractivity contribution in [1.82, 2.24) is 15.4 Å². The molecule has 3 heterocycles. The third kappa shape index (κ3) is 3.50. The van der Waals surface area contributed by atoms with Crippen molar-refractivity contribution in [3.05, 3.63) is 41.7 Å². The molecule has 29 heavy (non-hydrogen) atoms. The van der Waals surface area contributed by atoms with Gasteiger partial charge in [-0.1, -0.05) is 35.5 Å². The van der Waals surface area contributed by atoms with Crippen LogP contribution in [0, 0.1) is 6.92 Å². The predicted molar refractivity (Wildman–Crippen MR) is 102 cm³/mol. The van der Waals surface area contributed by atoms with Gasteiger partial charge in [-0.2, -0.15) is 0 Å². The Labute approximate surface area is 193 Å². The van der Waals surface area contributed by atoms with Crippen LogP contribution in [0.2, 0.25) is 0 Å². The molecular formula is C19H19N3NaO5S+. The summed E-state index contributed by atoms with van der Waals surface area (Å²) in [5.41, 5.74) is 1.41. The smallest absolute Gasteiger partial charge is 0.480 e. The van der Waals surface area contributed by atoms with Crippen LogP contribution in [-0.2, 0) is 9.59 Å². The molecule has 3 atom stereocenters. The fraction of sp³-hybridized carbons (Fsp3) is 0.368. The minimum atomic E-state index is -1.04. The quantitative estimate of drug-likeness (QED) is 0.473. The predicted octanol–water partition coefficient (Wildman–Crippen LogP) is -1.10. The molecule has 2 N–H and O–H groups in total. The summed E-state index contributed by atoms with van der Waals surface area (Å²) in [6.07, 6.45) is 0. The number of benzene rings is 1. The summed E-state index contributed by atoms with van der Waals surface area (Å²) in [5, 5.41) is 15.8. The van der Waals surface area contributed by atoms with Gasteiger partial charge >= 0.3 is 35.5 Å². The monoisotopic (exact) mass is 424 g/mol. The number of nitrogens with one attached hydrogen (secondary N) is 1. The first-order chi connectivity index (χ1) is 13.2. The maximum atomic E-state index is 12.9. The number of amides is 2. The van der Waals surface area contributed by atoms with E-state index in [-0.39, 0.29) is 41.0 Å². The Bertz CT molecular complexity index is 977. The number of aromatic nitrogens is 1. The normalized spacial score (nSPS) is 24.3. The molecule has 8 nitrogen and oxygen atoms in total. The van der Waals surface area contributed by atoms with E-state index in [0.29, 0.717) is 11.5 Å². The van der Waals surface area contributed by atoms with Crippen molar-refractivity contribution < 1.29 is 53.6 Å². The number of nitrogens with zero attached hydrogens (tertiary/aromatic N) is 2. The Hall–Kier alpha value is -1.81. The van der Waals surface area contributed by atoms with Gasteiger partial charge in [-0.3, -0.25) is 9.59 Å². The standard InChI is InChI=1S/C19H19N3O5S.Na/c1-9-11(12(21-27-9)10-7-5-4-6-8-10)15(23)20-13-16(24)22-14(18(25)26)19(2,3)28-17(13)22;/h4-8,13-14,17H,1-3H3,(H,20,23)(H,25,26);/q;+1/t13?,14-,17+;/m0./s1. The third-order valence-corrected chi connectivity index (χ3v) is 6.67. The zero-order valence-electron chi connectivity index (χ0n) is 16.5. The zero-order chi connectivity index (χ0) is 20.2. The maximum Gasteiger partial charge on any atom is 1.00 e. The van der Waals surface area contributed by atoms with Crippen LogP contribution < -0.4 is 34.9 Å². The molecular weight excluding hydrogens is 405 g/mol. The van der Waals surface area contributed by atoms with Crippen LogP contribution in [0.15, 0.2) is 34.9 Å². The molecule has 0 radical (unpaired) electrons. The van der Waals surface area contributed by atoms with E-state index in [0.717, 1.165) is 5.56 Å². The summed E-state index contributed by atoms with van der Waals surface area (Å²) in [7, 11) is 0. The summed E-state index contributed by atoms with van der Waals surface area (Å²) in [5.74, 6) is -1.55. The Morgan fingerprint density at radius 2 is 1.93 bits per heavy atom. The molecule has 0 bridgehead atoms. The Morgan fingerprint density at radius 3 is 2.55 bits per heavy atom. The summed E-state index contributed by atoms with van der Waals surface area (Å²) < 4.78 is 4.57. The van der Waals surface area contributed by atoms with Crippen molar-refractivity contribution in [2.75, 3.05) is 0 Å². The summed E-state index contributed by atoms with van der Waals surface area (Å²) in [6.45, 7) is 5.22. The molecule has 146 valence electrons. The number of thioether (sulfide) groups is 1. The van der Waals surface area contributed by atoms with Crippen molar-refractivity contribution in [2.24, 2.45) is 0 Å². The van der Waals surface area contributed by atoms with Gasteiger partial charge in [0.05, 0.1) is 0 Å². The number of aliphatic carboxylic acids is 1. The molecule has 4 rings (SSSR count). The average Bonchev–Trinajstić information content (AvgIpc) is 3.15. The number of carbonyl (C=O) groups is 3. The van der Waals surface area contributed by atoms with E-state index in [4.69, 9.17) is 4.52 Å². The number of hydrogen-bond acceptors (Lipinski definition) is 6. The SMILES string of the molecule is Cc1onc(-c2ccccc2)c1C(=O)NC1C(=O)N2[C@@H]1SC(C)(C)[C@@H]2C(=O)O.[Na+]. The van der Waals surface area contributed by atoms with Gasteiger partial charge in [-0.05, 0) is 20.8 Å². The average molecular weight is 424 g/mol. The minimum absolute atomic E-state index is 0. The molecule has 0 saturated carbocycles. The molecule has 2 amide bonds. The first-order valence-electron chi connectivity index (χ1n) is 8.77. The van der Waals surface area contributed by atoms with Crippen LogP contribution in [0.1, 0.15) is 30.0 Å². The Balaban J connectivity index is 0.00000240. The second kappa shape index (κ2) is 7.79. The van der Waals surface area contributed by atoms with Crippen LogP contribution in [0.25, 0.3) is 11.3 Å². The van der Waals surface area contributed by atoms with Gasteiger partial charge in [0.25, 0.3) is 5.91 Å². The first kappa shape index (κ1) is 21.9. The maximum absolute atomic E-state index is 12.9. The minimum Gasteiger partial charge on any atom is -0.480 e. The number of hydrogen-bond donors (Lipinski definition) is 2. The Kier molecular flexibility index (Phi) is 5.88. The fourth-order valence-electron chi connectivity index (χ4n) is 3.79. The van der Waals surface area contributed by atoms with Crippen LogP contribution in [0.3, 0.4) is 0 Å². The van der Waals surface area contributed by atoms with E-state index in [1.54, 1.807) is 20.8 Å². The molecule has 10 heteroatoms. The molecule has 1 aromatic carbocycles. The van der Waals surface area contributed by atoms with Gasteiger partial charge in [0.15, 0.2) is 0 Å². The van der Waals surface area contributed by atoms with Crippen molar-refractivity contribution in [3.63, 3.8) is 0 Å². The number of rotatable bonds is 4. The summed E-state index contributed by atoms with van der Waals surface area (Å²) in [6, 6.07) is 7.46. The van der Waals surface area contributed by atoms with Crippen molar-refractivity contribution >= 4 is 29.5 Å². The topological polar surface area (TPSA) is 113 Å². The second-order valence-electron chi connectivity index (χ2n) is 7.38. The molecule has 0 spiro atoms. The van der Waals surface area contributed by atoms with E-state index in [2.05, 4.69) is 10.5 Å². The number of carbonyl (C=O) groups excluding carboxylic acids is 2. The number of fused-ring (bicyclic) bond motifs is 1. The molecule has 2 saturated heterocycles. The molecule has 1 aromatic heterocycles.